The standard InChI is InChI=1S/C28H26NO/c1-17-15-25(29(5)16-19(17)3)26-20(4)18(2)14-24-23-13-9-12-22(27(23)30-28(24)26)21-10-7-6-8-11-21/h6-16H,1-5H3/q+1. The quantitative estimate of drug-likeness (QED) is 0.296. The van der Waals surface area contributed by atoms with Gasteiger partial charge < -0.3 is 4.42 Å². The van der Waals surface area contributed by atoms with E-state index in [2.05, 4.69) is 100 Å². The summed E-state index contributed by atoms with van der Waals surface area (Å²) in [5, 5.41) is 2.35. The van der Waals surface area contributed by atoms with E-state index in [0.29, 0.717) is 0 Å². The summed E-state index contributed by atoms with van der Waals surface area (Å²) < 4.78 is 8.89. The molecular weight excluding hydrogens is 366 g/mol. The first-order chi connectivity index (χ1) is 14.5. The highest BCUT2D eigenvalue weighted by Gasteiger charge is 2.23. The van der Waals surface area contributed by atoms with E-state index in [-0.39, 0.29) is 0 Å². The Morgan fingerprint density at radius 3 is 2.23 bits per heavy atom. The van der Waals surface area contributed by atoms with Crippen LogP contribution in [0.25, 0.3) is 44.3 Å². The van der Waals surface area contributed by atoms with Gasteiger partial charge in [-0.3, -0.25) is 0 Å². The lowest BCUT2D eigenvalue weighted by atomic mass is 9.95. The van der Waals surface area contributed by atoms with Gasteiger partial charge in [0.1, 0.15) is 18.2 Å². The number of fused-ring (bicyclic) bond motifs is 3. The number of aryl methyl sites for hydroxylation is 4. The molecule has 148 valence electrons. The highest BCUT2D eigenvalue weighted by molar-refractivity contribution is 6.13. The Hall–Kier alpha value is -3.39. The number of hydrogen-bond donors (Lipinski definition) is 0. The average Bonchev–Trinajstić information content (AvgIpc) is 3.11. The van der Waals surface area contributed by atoms with E-state index in [1.807, 2.05) is 6.07 Å². The zero-order valence-electron chi connectivity index (χ0n) is 18.2. The predicted molar refractivity (Wildman–Crippen MR) is 125 cm³/mol. The Morgan fingerprint density at radius 2 is 1.47 bits per heavy atom. The molecule has 0 atom stereocenters. The van der Waals surface area contributed by atoms with E-state index in [0.717, 1.165) is 16.7 Å². The molecule has 0 spiro atoms. The van der Waals surface area contributed by atoms with Crippen molar-refractivity contribution in [1.29, 1.82) is 0 Å². The smallest absolute Gasteiger partial charge is 0.216 e. The predicted octanol–water partition coefficient (Wildman–Crippen LogP) is 6.98. The second-order valence-corrected chi connectivity index (χ2v) is 8.36. The third-order valence-electron chi connectivity index (χ3n) is 6.39. The molecule has 5 rings (SSSR count). The van der Waals surface area contributed by atoms with Gasteiger partial charge in [0.2, 0.25) is 5.69 Å². The largest absolute Gasteiger partial charge is 0.454 e. The van der Waals surface area contributed by atoms with Crippen LogP contribution in [0.2, 0.25) is 0 Å². The minimum Gasteiger partial charge on any atom is -0.454 e. The van der Waals surface area contributed by atoms with Gasteiger partial charge in [-0.25, -0.2) is 4.57 Å². The SMILES string of the molecule is Cc1cc(-c2c(C)c(C)cc3c2oc2c(-c4ccccc4)cccc23)[n+](C)cc1C. The van der Waals surface area contributed by atoms with Crippen molar-refractivity contribution in [3.63, 3.8) is 0 Å². The van der Waals surface area contributed by atoms with Crippen molar-refractivity contribution in [3.05, 3.63) is 89.1 Å². The van der Waals surface area contributed by atoms with Crippen molar-refractivity contribution in [3.8, 4) is 22.4 Å². The molecule has 2 heteroatoms. The molecule has 0 aliphatic carbocycles. The molecule has 0 aliphatic heterocycles. The molecular formula is C28H26NO+. The number of benzene rings is 3. The summed E-state index contributed by atoms with van der Waals surface area (Å²) in [5.41, 5.74) is 11.7. The van der Waals surface area contributed by atoms with Crippen molar-refractivity contribution < 1.29 is 8.98 Å². The first-order valence-corrected chi connectivity index (χ1v) is 10.4. The van der Waals surface area contributed by atoms with Crippen molar-refractivity contribution in [1.82, 2.24) is 0 Å². The molecule has 0 bridgehead atoms. The van der Waals surface area contributed by atoms with Crippen LogP contribution < -0.4 is 4.57 Å². The molecule has 2 heterocycles. The van der Waals surface area contributed by atoms with Crippen LogP contribution in [0, 0.1) is 27.7 Å². The number of nitrogens with zero attached hydrogens (tertiary/aromatic N) is 1. The van der Waals surface area contributed by atoms with Crippen LogP contribution in [0.3, 0.4) is 0 Å². The molecule has 5 aromatic rings. The van der Waals surface area contributed by atoms with Crippen molar-refractivity contribution >= 4 is 21.9 Å². The number of para-hydroxylation sites is 1. The van der Waals surface area contributed by atoms with E-state index in [1.165, 1.54) is 49.8 Å². The monoisotopic (exact) mass is 392 g/mol. The summed E-state index contributed by atoms with van der Waals surface area (Å²) >= 11 is 0. The molecule has 30 heavy (non-hydrogen) atoms. The van der Waals surface area contributed by atoms with Crippen LogP contribution in [-0.4, -0.2) is 0 Å². The number of aromatic nitrogens is 1. The lowest BCUT2D eigenvalue weighted by Crippen LogP contribution is -2.31. The van der Waals surface area contributed by atoms with E-state index in [4.69, 9.17) is 4.42 Å². The second-order valence-electron chi connectivity index (χ2n) is 8.36. The molecule has 0 aliphatic rings. The third kappa shape index (κ3) is 2.75. The van der Waals surface area contributed by atoms with Crippen LogP contribution in [0.4, 0.5) is 0 Å². The molecule has 2 aromatic heterocycles. The van der Waals surface area contributed by atoms with Crippen molar-refractivity contribution in [2.45, 2.75) is 27.7 Å². The van der Waals surface area contributed by atoms with Crippen LogP contribution >= 0.6 is 0 Å². The maximum atomic E-state index is 6.67. The molecule has 0 saturated heterocycles. The summed E-state index contributed by atoms with van der Waals surface area (Å²) in [6, 6.07) is 21.5. The van der Waals surface area contributed by atoms with Gasteiger partial charge in [0.15, 0.2) is 6.20 Å². The Labute approximate surface area is 177 Å². The Balaban J connectivity index is 1.91. The molecule has 0 fully saturated rings. The molecule has 2 nitrogen and oxygen atoms in total. The average molecular weight is 393 g/mol. The molecule has 0 radical (unpaired) electrons. The van der Waals surface area contributed by atoms with E-state index >= 15 is 0 Å². The summed E-state index contributed by atoms with van der Waals surface area (Å²) in [6.45, 7) is 8.72. The minimum atomic E-state index is 0.955. The zero-order valence-corrected chi connectivity index (χ0v) is 18.2. The topological polar surface area (TPSA) is 17.0 Å². The van der Waals surface area contributed by atoms with Crippen LogP contribution in [-0.2, 0) is 7.05 Å². The fourth-order valence-electron chi connectivity index (χ4n) is 4.44. The van der Waals surface area contributed by atoms with Crippen LogP contribution in [0.5, 0.6) is 0 Å². The number of hydrogen-bond acceptors (Lipinski definition) is 1. The summed E-state index contributed by atoms with van der Waals surface area (Å²) in [4.78, 5) is 0. The summed E-state index contributed by atoms with van der Waals surface area (Å²) in [7, 11) is 2.12. The fraction of sp³-hybridized carbons (Fsp3) is 0.179. The van der Waals surface area contributed by atoms with Gasteiger partial charge in [0.25, 0.3) is 0 Å². The number of furan rings is 1. The Morgan fingerprint density at radius 1 is 0.700 bits per heavy atom. The maximum Gasteiger partial charge on any atom is 0.216 e. The highest BCUT2D eigenvalue weighted by Crippen LogP contribution is 2.41. The van der Waals surface area contributed by atoms with Gasteiger partial charge >= 0.3 is 0 Å². The maximum absolute atomic E-state index is 6.67. The molecule has 3 aromatic carbocycles. The van der Waals surface area contributed by atoms with Crippen LogP contribution in [0.15, 0.2) is 71.3 Å². The molecule has 0 saturated carbocycles. The van der Waals surface area contributed by atoms with Gasteiger partial charge in [-0.15, -0.1) is 0 Å². The molecule has 0 amide bonds. The summed E-state index contributed by atoms with van der Waals surface area (Å²) in [6.07, 6.45) is 2.20. The zero-order chi connectivity index (χ0) is 21.0. The van der Waals surface area contributed by atoms with Gasteiger partial charge in [-0.05, 0) is 56.0 Å². The van der Waals surface area contributed by atoms with Crippen molar-refractivity contribution in [2.24, 2.45) is 7.05 Å². The van der Waals surface area contributed by atoms with Crippen LogP contribution in [0.1, 0.15) is 22.3 Å². The third-order valence-corrected chi connectivity index (χ3v) is 6.39. The van der Waals surface area contributed by atoms with Crippen molar-refractivity contribution in [2.75, 3.05) is 0 Å². The lowest BCUT2D eigenvalue weighted by Gasteiger charge is -2.10. The van der Waals surface area contributed by atoms with E-state index in [1.54, 1.807) is 0 Å². The van der Waals surface area contributed by atoms with Gasteiger partial charge in [0.05, 0.1) is 5.56 Å². The second kappa shape index (κ2) is 6.84. The molecule has 0 unspecified atom stereocenters. The van der Waals surface area contributed by atoms with E-state index < -0.39 is 0 Å². The van der Waals surface area contributed by atoms with Gasteiger partial charge in [-0.2, -0.15) is 0 Å². The number of pyridine rings is 1. The van der Waals surface area contributed by atoms with E-state index in [9.17, 15) is 0 Å². The normalized spacial score (nSPS) is 11.5. The van der Waals surface area contributed by atoms with Gasteiger partial charge in [0, 0.05) is 28.0 Å². The fourth-order valence-corrected chi connectivity index (χ4v) is 4.44. The number of rotatable bonds is 2. The molecule has 0 N–H and O–H groups in total. The van der Waals surface area contributed by atoms with Gasteiger partial charge in [-0.1, -0.05) is 48.5 Å². The Kier molecular flexibility index (Phi) is 4.25. The lowest BCUT2D eigenvalue weighted by molar-refractivity contribution is -0.660. The highest BCUT2D eigenvalue weighted by atomic mass is 16.3. The first-order valence-electron chi connectivity index (χ1n) is 10.4. The minimum absolute atomic E-state index is 0.955. The summed E-state index contributed by atoms with van der Waals surface area (Å²) in [5.74, 6) is 0. The first kappa shape index (κ1) is 18.6. The Bertz CT molecular complexity index is 1420.